The molecule has 62 valence electrons. The lowest BCUT2D eigenvalue weighted by Crippen LogP contribution is -2.34. The monoisotopic (exact) mass is 155 g/mol. The van der Waals surface area contributed by atoms with Crippen molar-refractivity contribution in [1.82, 2.24) is 5.23 Å². The van der Waals surface area contributed by atoms with Crippen molar-refractivity contribution in [2.75, 3.05) is 0 Å². The van der Waals surface area contributed by atoms with E-state index < -0.39 is 0 Å². The van der Waals surface area contributed by atoms with Gasteiger partial charge in [-0.25, -0.2) is 0 Å². The zero-order valence-corrected chi connectivity index (χ0v) is 7.09. The molecule has 1 heterocycles. The summed E-state index contributed by atoms with van der Waals surface area (Å²) in [5.74, 6) is -0.0845. The Morgan fingerprint density at radius 3 is 2.82 bits per heavy atom. The van der Waals surface area contributed by atoms with E-state index in [1.54, 1.807) is 0 Å². The van der Waals surface area contributed by atoms with Gasteiger partial charge in [0.2, 0.25) is 0 Å². The van der Waals surface area contributed by atoms with Crippen LogP contribution in [0.15, 0.2) is 0 Å². The fourth-order valence-corrected chi connectivity index (χ4v) is 1.24. The first-order valence-electron chi connectivity index (χ1n) is 4.24. The molecule has 0 bridgehead atoms. The number of carbonyl (C=O) groups excluding carboxylic acids is 1. The second kappa shape index (κ2) is 3.76. The number of nitrogens with one attached hydrogen (secondary N) is 1. The third-order valence-corrected chi connectivity index (χ3v) is 1.88. The molecule has 0 aromatic rings. The van der Waals surface area contributed by atoms with Gasteiger partial charge in [-0.3, -0.25) is 4.79 Å². The van der Waals surface area contributed by atoms with E-state index in [0.717, 1.165) is 19.2 Å². The molecule has 1 unspecified atom stereocenters. The van der Waals surface area contributed by atoms with Gasteiger partial charge in [-0.2, -0.15) is 0 Å². The Hall–Kier alpha value is -0.505. The van der Waals surface area contributed by atoms with Crippen LogP contribution in [-0.4, -0.2) is 19.1 Å². The minimum atomic E-state index is -0.0845. The van der Waals surface area contributed by atoms with E-state index >= 15 is 0 Å². The van der Waals surface area contributed by atoms with Gasteiger partial charge in [0.15, 0.2) is 0 Å². The molecule has 0 aromatic heterocycles. The SMILES string of the molecule is CCCC1NB(CC)OC1=O. The van der Waals surface area contributed by atoms with Crippen LogP contribution in [0.5, 0.6) is 0 Å². The highest BCUT2D eigenvalue weighted by molar-refractivity contribution is 6.53. The lowest BCUT2D eigenvalue weighted by molar-refractivity contribution is -0.134. The van der Waals surface area contributed by atoms with Gasteiger partial charge in [-0.1, -0.05) is 20.3 Å². The predicted molar refractivity (Wildman–Crippen MR) is 44.2 cm³/mol. The van der Waals surface area contributed by atoms with Crippen molar-refractivity contribution in [2.45, 2.75) is 39.1 Å². The summed E-state index contributed by atoms with van der Waals surface area (Å²) in [4.78, 5) is 11.0. The smallest absolute Gasteiger partial charge is 0.449 e. The summed E-state index contributed by atoms with van der Waals surface area (Å²) in [7, 11) is -0.0425. The summed E-state index contributed by atoms with van der Waals surface area (Å²) in [6, 6.07) is -0.0510. The van der Waals surface area contributed by atoms with Crippen LogP contribution in [0.25, 0.3) is 0 Å². The molecule has 0 spiro atoms. The fraction of sp³-hybridized carbons (Fsp3) is 0.857. The Balaban J connectivity index is 2.38. The largest absolute Gasteiger partial charge is 0.519 e. The molecule has 11 heavy (non-hydrogen) atoms. The van der Waals surface area contributed by atoms with Gasteiger partial charge in [0.25, 0.3) is 0 Å². The van der Waals surface area contributed by atoms with Gasteiger partial charge in [0.1, 0.15) is 0 Å². The molecule has 0 aromatic carbocycles. The van der Waals surface area contributed by atoms with E-state index in [1.807, 2.05) is 6.92 Å². The van der Waals surface area contributed by atoms with Gasteiger partial charge < -0.3 is 9.88 Å². The Bertz CT molecular complexity index is 151. The summed E-state index contributed by atoms with van der Waals surface area (Å²) in [6.07, 6.45) is 2.75. The minimum absolute atomic E-state index is 0.0425. The standard InChI is InChI=1S/C7H14BNO2/c1-3-5-6-7(10)11-8(4-2)9-6/h6,9H,3-5H2,1-2H3. The van der Waals surface area contributed by atoms with E-state index in [0.29, 0.717) is 0 Å². The van der Waals surface area contributed by atoms with Crippen LogP contribution in [0, 0.1) is 0 Å². The van der Waals surface area contributed by atoms with Crippen LogP contribution < -0.4 is 5.23 Å². The number of hydrogen-bond donors (Lipinski definition) is 1. The van der Waals surface area contributed by atoms with E-state index in [1.165, 1.54) is 0 Å². The lowest BCUT2D eigenvalue weighted by Gasteiger charge is -2.02. The Kier molecular flexibility index (Phi) is 2.94. The summed E-state index contributed by atoms with van der Waals surface area (Å²) >= 11 is 0. The maximum Gasteiger partial charge on any atom is 0.449 e. The zero-order valence-electron chi connectivity index (χ0n) is 7.09. The molecule has 1 aliphatic heterocycles. The Morgan fingerprint density at radius 1 is 1.64 bits per heavy atom. The first-order valence-corrected chi connectivity index (χ1v) is 4.24. The van der Waals surface area contributed by atoms with Gasteiger partial charge in [0, 0.05) is 0 Å². The van der Waals surface area contributed by atoms with Crippen LogP contribution in [-0.2, 0) is 9.45 Å². The van der Waals surface area contributed by atoms with Crippen molar-refractivity contribution in [3.05, 3.63) is 0 Å². The van der Waals surface area contributed by atoms with E-state index in [4.69, 9.17) is 4.65 Å². The van der Waals surface area contributed by atoms with E-state index in [2.05, 4.69) is 12.2 Å². The van der Waals surface area contributed by atoms with E-state index in [9.17, 15) is 4.79 Å². The lowest BCUT2D eigenvalue weighted by atomic mass is 9.80. The fourth-order valence-electron chi connectivity index (χ4n) is 1.24. The van der Waals surface area contributed by atoms with Crippen molar-refractivity contribution >= 4 is 13.0 Å². The van der Waals surface area contributed by atoms with E-state index in [-0.39, 0.29) is 19.1 Å². The molecule has 4 heteroatoms. The molecule has 1 saturated heterocycles. The Morgan fingerprint density at radius 2 is 2.36 bits per heavy atom. The normalized spacial score (nSPS) is 24.0. The Labute approximate surface area is 67.6 Å². The van der Waals surface area contributed by atoms with Crippen LogP contribution in [0.2, 0.25) is 6.32 Å². The summed E-state index contributed by atoms with van der Waals surface area (Å²) in [5, 5.41) is 3.12. The zero-order chi connectivity index (χ0) is 8.27. The third-order valence-electron chi connectivity index (χ3n) is 1.88. The molecular weight excluding hydrogens is 141 g/mol. The molecule has 0 aliphatic carbocycles. The first-order chi connectivity index (χ1) is 5.27. The molecule has 1 fully saturated rings. The molecule has 1 atom stereocenters. The van der Waals surface area contributed by atoms with Gasteiger partial charge >= 0.3 is 13.0 Å². The van der Waals surface area contributed by atoms with Crippen molar-refractivity contribution in [3.8, 4) is 0 Å². The van der Waals surface area contributed by atoms with Crippen LogP contribution in [0.3, 0.4) is 0 Å². The highest BCUT2D eigenvalue weighted by Crippen LogP contribution is 2.09. The number of rotatable bonds is 3. The molecule has 3 nitrogen and oxygen atoms in total. The summed E-state index contributed by atoms with van der Waals surface area (Å²) in [5.41, 5.74) is 0. The quantitative estimate of drug-likeness (QED) is 0.612. The number of hydrogen-bond acceptors (Lipinski definition) is 3. The van der Waals surface area contributed by atoms with Crippen molar-refractivity contribution < 1.29 is 9.45 Å². The molecule has 1 N–H and O–H groups in total. The van der Waals surface area contributed by atoms with Crippen LogP contribution in [0.4, 0.5) is 0 Å². The summed E-state index contributed by atoms with van der Waals surface area (Å²) in [6.45, 7) is 4.06. The number of carbonyl (C=O) groups is 1. The van der Waals surface area contributed by atoms with Gasteiger partial charge in [-0.15, -0.1) is 0 Å². The first kappa shape index (κ1) is 8.59. The molecule has 1 aliphatic rings. The summed E-state index contributed by atoms with van der Waals surface area (Å²) < 4.78 is 5.03. The van der Waals surface area contributed by atoms with Crippen molar-refractivity contribution in [3.63, 3.8) is 0 Å². The highest BCUT2D eigenvalue weighted by Gasteiger charge is 2.35. The third kappa shape index (κ3) is 1.96. The van der Waals surface area contributed by atoms with Crippen LogP contribution in [0.1, 0.15) is 26.7 Å². The topological polar surface area (TPSA) is 38.3 Å². The minimum Gasteiger partial charge on any atom is -0.519 e. The van der Waals surface area contributed by atoms with Gasteiger partial charge in [0.05, 0.1) is 6.04 Å². The maximum atomic E-state index is 11.0. The average molecular weight is 155 g/mol. The molecular formula is C7H14BNO2. The average Bonchev–Trinajstić information content (AvgIpc) is 2.33. The molecule has 1 rings (SSSR count). The molecule has 0 radical (unpaired) electrons. The molecule has 0 amide bonds. The van der Waals surface area contributed by atoms with Gasteiger partial charge in [-0.05, 0) is 12.7 Å². The second-order valence-corrected chi connectivity index (χ2v) is 2.84. The van der Waals surface area contributed by atoms with Crippen molar-refractivity contribution in [2.24, 2.45) is 0 Å². The predicted octanol–water partition coefficient (Wildman–Crippen LogP) is 0.810. The maximum absolute atomic E-state index is 11.0. The van der Waals surface area contributed by atoms with Crippen molar-refractivity contribution in [1.29, 1.82) is 0 Å². The second-order valence-electron chi connectivity index (χ2n) is 2.84. The highest BCUT2D eigenvalue weighted by atomic mass is 16.5. The van der Waals surface area contributed by atoms with Crippen LogP contribution >= 0.6 is 0 Å². The molecule has 0 saturated carbocycles.